The zero-order valence-electron chi connectivity index (χ0n) is 19.0. The molecule has 0 atom stereocenters. The summed E-state index contributed by atoms with van der Waals surface area (Å²) in [4.78, 5) is 18.4. The Morgan fingerprint density at radius 2 is 1.83 bits per heavy atom. The summed E-state index contributed by atoms with van der Waals surface area (Å²) in [7, 11) is 4.20. The Kier molecular flexibility index (Phi) is 10.5. The molecule has 0 saturated carbocycles. The Labute approximate surface area is 192 Å². The molecular weight excluding hydrogens is 423 g/mol. The summed E-state index contributed by atoms with van der Waals surface area (Å²) in [5, 5.41) is 8.63. The molecule has 0 fully saturated rings. The molecule has 2 aromatic rings. The maximum atomic E-state index is 11.2. The maximum absolute atomic E-state index is 11.2. The van der Waals surface area contributed by atoms with Crippen molar-refractivity contribution in [3.63, 3.8) is 0 Å². The first-order chi connectivity index (χ1) is 12.9. The number of imidazole rings is 1. The maximum Gasteiger partial charge on any atom is 0.267 e. The van der Waals surface area contributed by atoms with Crippen LogP contribution in [0.25, 0.3) is 17.1 Å². The van der Waals surface area contributed by atoms with E-state index in [1.54, 1.807) is 11.6 Å². The van der Waals surface area contributed by atoms with Crippen molar-refractivity contribution in [2.75, 3.05) is 20.6 Å². The summed E-state index contributed by atoms with van der Waals surface area (Å²) in [5.41, 5.74) is 4.73. The molecular formula is C22H36Cl2N4O2. The number of nitrogens with zero attached hydrogens (tertiary/aromatic N) is 3. The van der Waals surface area contributed by atoms with Gasteiger partial charge in [-0.3, -0.25) is 10.0 Å². The molecule has 0 spiro atoms. The van der Waals surface area contributed by atoms with Gasteiger partial charge >= 0.3 is 0 Å². The highest BCUT2D eigenvalue weighted by Gasteiger charge is 2.25. The molecule has 0 bridgehead atoms. The van der Waals surface area contributed by atoms with Gasteiger partial charge in [-0.25, -0.2) is 10.5 Å². The highest BCUT2D eigenvalue weighted by molar-refractivity contribution is 5.91. The van der Waals surface area contributed by atoms with E-state index in [0.717, 1.165) is 41.9 Å². The minimum absolute atomic E-state index is 0. The van der Waals surface area contributed by atoms with Crippen LogP contribution in [-0.2, 0) is 17.8 Å². The van der Waals surface area contributed by atoms with E-state index in [9.17, 15) is 4.79 Å². The molecule has 6 nitrogen and oxygen atoms in total. The smallest absolute Gasteiger partial charge is 0.267 e. The molecule has 0 aliphatic rings. The van der Waals surface area contributed by atoms with E-state index in [-0.39, 0.29) is 35.6 Å². The third-order valence-corrected chi connectivity index (χ3v) is 4.41. The lowest BCUT2D eigenvalue weighted by atomic mass is 9.90. The number of carbonyl (C=O) groups excluding carboxylic acids is 1. The molecule has 1 aromatic carbocycles. The Balaban J connectivity index is 0.00000420. The molecule has 0 unspecified atom stereocenters. The fourth-order valence-corrected chi connectivity index (χ4v) is 3.63. The minimum atomic E-state index is -0.551. The largest absolute Gasteiger partial charge is 0.327 e. The second-order valence-corrected chi connectivity index (χ2v) is 9.81. The van der Waals surface area contributed by atoms with Gasteiger partial charge in [0.1, 0.15) is 5.82 Å². The second-order valence-electron chi connectivity index (χ2n) is 9.81. The summed E-state index contributed by atoms with van der Waals surface area (Å²) in [6.45, 7) is 13.1. The molecule has 2 N–H and O–H groups in total. The summed E-state index contributed by atoms with van der Waals surface area (Å²) in [6, 6.07) is 6.02. The number of hydroxylamine groups is 1. The SMILES string of the molecule is CN(C)CC(C)(C)Cn1c(CC(C)(C)C)nc2cc(/C=C/C(=O)NO)ccc21.Cl.Cl. The number of hydrogen-bond acceptors (Lipinski definition) is 4. The molecule has 0 saturated heterocycles. The van der Waals surface area contributed by atoms with Crippen molar-refractivity contribution < 1.29 is 10.0 Å². The van der Waals surface area contributed by atoms with Gasteiger partial charge in [-0.1, -0.05) is 40.7 Å². The number of aromatic nitrogens is 2. The van der Waals surface area contributed by atoms with Crippen LogP contribution in [0.1, 0.15) is 46.0 Å². The number of hydrogen-bond donors (Lipinski definition) is 2. The van der Waals surface area contributed by atoms with E-state index in [2.05, 4.69) is 64.2 Å². The van der Waals surface area contributed by atoms with Gasteiger partial charge in [-0.15, -0.1) is 24.8 Å². The Hall–Kier alpha value is -1.60. The van der Waals surface area contributed by atoms with E-state index < -0.39 is 5.91 Å². The standard InChI is InChI=1S/C22H34N4O2.2ClH/c1-21(2,3)13-19-23-17-12-16(9-11-20(27)24-28)8-10-18(17)26(19)15-22(4,5)14-25(6)7;;/h8-12,28H,13-15H2,1-7H3,(H,24,27);2*1H/b11-9+;;. The topological polar surface area (TPSA) is 70.4 Å². The lowest BCUT2D eigenvalue weighted by Gasteiger charge is -2.30. The van der Waals surface area contributed by atoms with Crippen LogP contribution in [0.5, 0.6) is 0 Å². The van der Waals surface area contributed by atoms with Gasteiger partial charge in [0.15, 0.2) is 0 Å². The van der Waals surface area contributed by atoms with Crippen molar-refractivity contribution in [3.8, 4) is 0 Å². The van der Waals surface area contributed by atoms with Crippen molar-refractivity contribution in [3.05, 3.63) is 35.7 Å². The van der Waals surface area contributed by atoms with Crippen LogP contribution in [0.3, 0.4) is 0 Å². The van der Waals surface area contributed by atoms with Crippen LogP contribution in [-0.4, -0.2) is 46.2 Å². The monoisotopic (exact) mass is 458 g/mol. The molecule has 170 valence electrons. The van der Waals surface area contributed by atoms with Crippen molar-refractivity contribution >= 4 is 47.8 Å². The van der Waals surface area contributed by atoms with Crippen LogP contribution in [0, 0.1) is 10.8 Å². The number of benzene rings is 1. The minimum Gasteiger partial charge on any atom is -0.327 e. The first-order valence-electron chi connectivity index (χ1n) is 9.66. The quantitative estimate of drug-likeness (QED) is 0.361. The number of nitrogens with one attached hydrogen (secondary N) is 1. The fraction of sp³-hybridized carbons (Fsp3) is 0.545. The summed E-state index contributed by atoms with van der Waals surface area (Å²) >= 11 is 0. The van der Waals surface area contributed by atoms with E-state index in [1.165, 1.54) is 6.08 Å². The fourth-order valence-electron chi connectivity index (χ4n) is 3.63. The van der Waals surface area contributed by atoms with Gasteiger partial charge in [0.2, 0.25) is 0 Å². The third-order valence-electron chi connectivity index (χ3n) is 4.41. The molecule has 1 amide bonds. The van der Waals surface area contributed by atoms with Crippen LogP contribution < -0.4 is 5.48 Å². The lowest BCUT2D eigenvalue weighted by molar-refractivity contribution is -0.124. The second kappa shape index (κ2) is 11.1. The van der Waals surface area contributed by atoms with Gasteiger partial charge in [-0.2, -0.15) is 0 Å². The molecule has 0 radical (unpaired) electrons. The highest BCUT2D eigenvalue weighted by Crippen LogP contribution is 2.29. The van der Waals surface area contributed by atoms with Crippen LogP contribution in [0.4, 0.5) is 0 Å². The predicted octanol–water partition coefficient (Wildman–Crippen LogP) is 4.57. The predicted molar refractivity (Wildman–Crippen MR) is 129 cm³/mol. The Morgan fingerprint density at radius 1 is 1.20 bits per heavy atom. The average Bonchev–Trinajstić information content (AvgIpc) is 2.85. The van der Waals surface area contributed by atoms with E-state index in [0.29, 0.717) is 0 Å². The number of carbonyl (C=O) groups is 1. The summed E-state index contributed by atoms with van der Waals surface area (Å²) in [5.74, 6) is 0.535. The molecule has 1 heterocycles. The van der Waals surface area contributed by atoms with Crippen molar-refractivity contribution in [2.24, 2.45) is 10.8 Å². The number of fused-ring (bicyclic) bond motifs is 1. The molecule has 0 aliphatic heterocycles. The zero-order chi connectivity index (χ0) is 21.1. The Morgan fingerprint density at radius 3 is 2.37 bits per heavy atom. The van der Waals surface area contributed by atoms with Crippen molar-refractivity contribution in [2.45, 2.75) is 47.6 Å². The zero-order valence-corrected chi connectivity index (χ0v) is 20.7. The van der Waals surface area contributed by atoms with Crippen LogP contribution >= 0.6 is 24.8 Å². The molecule has 8 heteroatoms. The third kappa shape index (κ3) is 8.26. The number of rotatable bonds is 7. The first-order valence-corrected chi connectivity index (χ1v) is 9.66. The average molecular weight is 459 g/mol. The highest BCUT2D eigenvalue weighted by atomic mass is 35.5. The van der Waals surface area contributed by atoms with Gasteiger partial charge in [0.25, 0.3) is 5.91 Å². The van der Waals surface area contributed by atoms with E-state index in [1.807, 2.05) is 12.1 Å². The van der Waals surface area contributed by atoms with E-state index in [4.69, 9.17) is 10.2 Å². The Bertz CT molecular complexity index is 868. The van der Waals surface area contributed by atoms with Gasteiger partial charge in [0, 0.05) is 25.6 Å². The normalized spacial score (nSPS) is 12.2. The van der Waals surface area contributed by atoms with Crippen molar-refractivity contribution in [1.82, 2.24) is 19.9 Å². The summed E-state index contributed by atoms with van der Waals surface area (Å²) in [6.07, 6.45) is 3.86. The van der Waals surface area contributed by atoms with Crippen molar-refractivity contribution in [1.29, 1.82) is 0 Å². The lowest BCUT2D eigenvalue weighted by Crippen LogP contribution is -2.33. The molecule has 0 aliphatic carbocycles. The van der Waals surface area contributed by atoms with Gasteiger partial charge in [-0.05, 0) is 48.7 Å². The molecule has 30 heavy (non-hydrogen) atoms. The van der Waals surface area contributed by atoms with E-state index >= 15 is 0 Å². The number of amides is 1. The first kappa shape index (κ1) is 28.4. The van der Waals surface area contributed by atoms with Gasteiger partial charge in [0.05, 0.1) is 11.0 Å². The molecule has 2 rings (SSSR count). The van der Waals surface area contributed by atoms with Gasteiger partial charge < -0.3 is 9.47 Å². The number of halogens is 2. The van der Waals surface area contributed by atoms with Crippen LogP contribution in [0.2, 0.25) is 0 Å². The molecule has 1 aromatic heterocycles. The summed E-state index contributed by atoms with van der Waals surface area (Å²) < 4.78 is 2.35. The van der Waals surface area contributed by atoms with Crippen LogP contribution in [0.15, 0.2) is 24.3 Å².